The number of ether oxygens (including phenoxy) is 4. The van der Waals surface area contributed by atoms with Gasteiger partial charge in [0.2, 0.25) is 0 Å². The van der Waals surface area contributed by atoms with Crippen molar-refractivity contribution in [2.45, 2.75) is 6.54 Å². The Hall–Kier alpha value is -4.86. The van der Waals surface area contributed by atoms with Gasteiger partial charge in [-0.05, 0) is 42.0 Å². The fourth-order valence-electron chi connectivity index (χ4n) is 3.51. The van der Waals surface area contributed by atoms with Gasteiger partial charge >= 0.3 is 11.8 Å². The Labute approximate surface area is 212 Å². The third kappa shape index (κ3) is 5.87. The molecule has 0 unspecified atom stereocenters. The molecule has 0 saturated carbocycles. The molecule has 9 nitrogen and oxygen atoms in total. The van der Waals surface area contributed by atoms with Crippen LogP contribution < -0.4 is 29.6 Å². The number of aromatic nitrogens is 1. The van der Waals surface area contributed by atoms with Gasteiger partial charge in [0.15, 0.2) is 23.1 Å². The molecule has 0 bridgehead atoms. The molecule has 1 heterocycles. The lowest BCUT2D eigenvalue weighted by Gasteiger charge is -2.13. The maximum Gasteiger partial charge on any atom is 0.313 e. The van der Waals surface area contributed by atoms with E-state index in [1.165, 1.54) is 32.5 Å². The Morgan fingerprint density at radius 3 is 2.22 bits per heavy atom. The molecule has 2 amide bonds. The molecule has 4 rings (SSSR count). The topological polar surface area (TPSA) is 108 Å². The van der Waals surface area contributed by atoms with Crippen LogP contribution in [-0.4, -0.2) is 38.1 Å². The van der Waals surface area contributed by atoms with Crippen molar-refractivity contribution in [1.29, 1.82) is 0 Å². The van der Waals surface area contributed by atoms with E-state index in [0.717, 1.165) is 11.6 Å². The van der Waals surface area contributed by atoms with Crippen molar-refractivity contribution in [3.8, 4) is 28.7 Å². The van der Waals surface area contributed by atoms with Crippen molar-refractivity contribution in [2.75, 3.05) is 26.6 Å². The first-order valence-corrected chi connectivity index (χ1v) is 11.1. The predicted molar refractivity (Wildman–Crippen MR) is 135 cm³/mol. The van der Waals surface area contributed by atoms with Crippen LogP contribution in [0.3, 0.4) is 0 Å². The van der Waals surface area contributed by atoms with Crippen molar-refractivity contribution in [1.82, 2.24) is 10.3 Å². The number of methoxy groups -OCH3 is 3. The molecule has 0 spiro atoms. The molecule has 3 aromatic carbocycles. The Kier molecular flexibility index (Phi) is 7.68. The van der Waals surface area contributed by atoms with Gasteiger partial charge in [-0.2, -0.15) is 0 Å². The van der Waals surface area contributed by atoms with Gasteiger partial charge in [0.1, 0.15) is 11.5 Å². The second kappa shape index (κ2) is 11.3. The number of anilines is 1. The Bertz CT molecular complexity index is 1440. The molecule has 0 radical (unpaired) electrons. The van der Waals surface area contributed by atoms with Crippen LogP contribution in [0.5, 0.6) is 28.7 Å². The first-order valence-electron chi connectivity index (χ1n) is 11.1. The number of benzene rings is 3. The zero-order chi connectivity index (χ0) is 26.4. The van der Waals surface area contributed by atoms with E-state index in [-0.39, 0.29) is 18.0 Å². The summed E-state index contributed by atoms with van der Waals surface area (Å²) in [5.41, 5.74) is 1.45. The minimum atomic E-state index is -0.928. The number of hydrogen-bond acceptors (Lipinski definition) is 7. The van der Waals surface area contributed by atoms with E-state index in [1.54, 1.807) is 49.6 Å². The number of nitrogens with zero attached hydrogens (tertiary/aromatic N) is 1. The summed E-state index contributed by atoms with van der Waals surface area (Å²) in [5, 5.41) is 5.48. The van der Waals surface area contributed by atoms with Gasteiger partial charge in [-0.25, -0.2) is 4.39 Å². The van der Waals surface area contributed by atoms with E-state index in [2.05, 4.69) is 15.6 Å². The molecule has 190 valence electrons. The average molecular weight is 506 g/mol. The zero-order valence-corrected chi connectivity index (χ0v) is 20.3. The summed E-state index contributed by atoms with van der Waals surface area (Å²) < 4.78 is 36.3. The average Bonchev–Trinajstić information content (AvgIpc) is 2.92. The fourth-order valence-corrected chi connectivity index (χ4v) is 3.51. The van der Waals surface area contributed by atoms with Crippen LogP contribution in [0.1, 0.15) is 5.56 Å². The van der Waals surface area contributed by atoms with E-state index < -0.39 is 17.6 Å². The summed E-state index contributed by atoms with van der Waals surface area (Å²) in [5.74, 6) is -0.604. The maximum atomic E-state index is 14.8. The molecular formula is C27H24FN3O6. The van der Waals surface area contributed by atoms with E-state index in [0.29, 0.717) is 33.9 Å². The molecule has 37 heavy (non-hydrogen) atoms. The molecule has 0 fully saturated rings. The second-order valence-corrected chi connectivity index (χ2v) is 7.77. The summed E-state index contributed by atoms with van der Waals surface area (Å²) in [6.45, 7) is 0.147. The normalized spacial score (nSPS) is 10.5. The van der Waals surface area contributed by atoms with Crippen molar-refractivity contribution >= 4 is 28.4 Å². The largest absolute Gasteiger partial charge is 0.497 e. The highest BCUT2D eigenvalue weighted by molar-refractivity contribution is 6.39. The van der Waals surface area contributed by atoms with E-state index in [9.17, 15) is 14.0 Å². The molecule has 0 atom stereocenters. The van der Waals surface area contributed by atoms with E-state index >= 15 is 0 Å². The summed E-state index contributed by atoms with van der Waals surface area (Å²) in [6.07, 6.45) is 1.53. The summed E-state index contributed by atoms with van der Waals surface area (Å²) in [4.78, 5) is 28.7. The molecule has 0 aliphatic heterocycles. The van der Waals surface area contributed by atoms with Gasteiger partial charge in [0.25, 0.3) is 0 Å². The highest BCUT2D eigenvalue weighted by Crippen LogP contribution is 2.37. The van der Waals surface area contributed by atoms with Gasteiger partial charge in [-0.3, -0.25) is 14.6 Å². The lowest BCUT2D eigenvalue weighted by atomic mass is 10.2. The maximum absolute atomic E-state index is 14.8. The minimum Gasteiger partial charge on any atom is -0.497 e. The number of amides is 2. The Balaban J connectivity index is 1.43. The highest BCUT2D eigenvalue weighted by Gasteiger charge is 2.16. The standard InChI is InChI=1S/C27H24FN3O6/c1-34-18-7-4-16(5-8-18)15-30-26(32)27(33)31-17-6-9-23(20(28)12-17)37-22-10-11-29-21-14-25(36-3)24(35-2)13-19(21)22/h4-14H,15H2,1-3H3,(H,30,32)(H,31,33). The second-order valence-electron chi connectivity index (χ2n) is 7.77. The van der Waals surface area contributed by atoms with Crippen molar-refractivity contribution in [2.24, 2.45) is 0 Å². The lowest BCUT2D eigenvalue weighted by molar-refractivity contribution is -0.136. The number of halogens is 1. The summed E-state index contributed by atoms with van der Waals surface area (Å²) in [6, 6.07) is 15.9. The van der Waals surface area contributed by atoms with Crippen LogP contribution in [0, 0.1) is 5.82 Å². The van der Waals surface area contributed by atoms with E-state index in [4.69, 9.17) is 18.9 Å². The number of hydrogen-bond donors (Lipinski definition) is 2. The number of rotatable bonds is 8. The van der Waals surface area contributed by atoms with Crippen LogP contribution in [0.15, 0.2) is 66.9 Å². The van der Waals surface area contributed by atoms with Crippen molar-refractivity contribution < 1.29 is 32.9 Å². The third-order valence-electron chi connectivity index (χ3n) is 5.43. The minimum absolute atomic E-state index is 0.0794. The Morgan fingerprint density at radius 2 is 1.54 bits per heavy atom. The van der Waals surface area contributed by atoms with Gasteiger partial charge in [-0.15, -0.1) is 0 Å². The quantitative estimate of drug-likeness (QED) is 0.341. The molecule has 10 heteroatoms. The van der Waals surface area contributed by atoms with Crippen LogP contribution in [0.4, 0.5) is 10.1 Å². The molecular weight excluding hydrogens is 481 g/mol. The molecule has 0 aliphatic rings. The SMILES string of the molecule is COc1ccc(CNC(=O)C(=O)Nc2ccc(Oc3ccnc4cc(OC)c(OC)cc34)c(F)c2)cc1. The summed E-state index contributed by atoms with van der Waals surface area (Å²) in [7, 11) is 4.58. The molecule has 0 saturated heterocycles. The number of pyridine rings is 1. The predicted octanol–water partition coefficient (Wildman–Crippen LogP) is 4.45. The molecule has 0 aliphatic carbocycles. The van der Waals surface area contributed by atoms with Gasteiger partial charge in [0, 0.05) is 35.9 Å². The van der Waals surface area contributed by atoms with E-state index in [1.807, 2.05) is 0 Å². The summed E-state index contributed by atoms with van der Waals surface area (Å²) >= 11 is 0. The lowest BCUT2D eigenvalue weighted by Crippen LogP contribution is -2.34. The first-order chi connectivity index (χ1) is 17.9. The molecule has 1 aromatic heterocycles. The highest BCUT2D eigenvalue weighted by atomic mass is 19.1. The van der Waals surface area contributed by atoms with Crippen molar-refractivity contribution in [3.05, 3.63) is 78.2 Å². The number of fused-ring (bicyclic) bond motifs is 1. The van der Waals surface area contributed by atoms with Crippen molar-refractivity contribution in [3.63, 3.8) is 0 Å². The third-order valence-corrected chi connectivity index (χ3v) is 5.43. The fraction of sp³-hybridized carbons (Fsp3) is 0.148. The van der Waals surface area contributed by atoms with Crippen LogP contribution >= 0.6 is 0 Å². The van der Waals surface area contributed by atoms with Gasteiger partial charge < -0.3 is 29.6 Å². The monoisotopic (exact) mass is 505 g/mol. The smallest absolute Gasteiger partial charge is 0.313 e. The van der Waals surface area contributed by atoms with Crippen LogP contribution in [-0.2, 0) is 16.1 Å². The number of carbonyl (C=O) groups is 2. The zero-order valence-electron chi connectivity index (χ0n) is 20.3. The van der Waals surface area contributed by atoms with Gasteiger partial charge in [-0.1, -0.05) is 12.1 Å². The van der Waals surface area contributed by atoms with Crippen LogP contribution in [0.2, 0.25) is 0 Å². The molecule has 4 aromatic rings. The Morgan fingerprint density at radius 1 is 0.811 bits per heavy atom. The van der Waals surface area contributed by atoms with Gasteiger partial charge in [0.05, 0.1) is 26.8 Å². The number of nitrogens with one attached hydrogen (secondary N) is 2. The number of carbonyl (C=O) groups excluding carboxylic acids is 2. The van der Waals surface area contributed by atoms with Crippen LogP contribution in [0.25, 0.3) is 10.9 Å². The first kappa shape index (κ1) is 25.2. The molecule has 2 N–H and O–H groups in total.